The van der Waals surface area contributed by atoms with E-state index in [1.807, 2.05) is 12.1 Å². The first-order valence-corrected chi connectivity index (χ1v) is 7.89. The fourth-order valence-corrected chi connectivity index (χ4v) is 3.57. The molecule has 110 valence electrons. The van der Waals surface area contributed by atoms with E-state index in [1.54, 1.807) is 0 Å². The van der Waals surface area contributed by atoms with Gasteiger partial charge in [0.2, 0.25) is 0 Å². The van der Waals surface area contributed by atoms with Crippen LogP contribution < -0.4 is 0 Å². The fraction of sp³-hybridized carbons (Fsp3) is 0.625. The van der Waals surface area contributed by atoms with Gasteiger partial charge in [0.25, 0.3) is 0 Å². The molecular formula is C16H23ClN2O. The highest BCUT2D eigenvalue weighted by atomic mass is 35.5. The number of likely N-dealkylation sites (N-methyl/N-ethyl adjacent to an activating group) is 1. The number of fused-ring (bicyclic) bond motifs is 1. The number of ether oxygens (including phenoxy) is 1. The Morgan fingerprint density at radius 3 is 3.00 bits per heavy atom. The summed E-state index contributed by atoms with van der Waals surface area (Å²) in [6.45, 7) is 5.25. The van der Waals surface area contributed by atoms with Crippen molar-refractivity contribution in [1.29, 1.82) is 0 Å². The lowest BCUT2D eigenvalue weighted by Gasteiger charge is -2.46. The maximum absolute atomic E-state index is 6.25. The molecule has 20 heavy (non-hydrogen) atoms. The van der Waals surface area contributed by atoms with Gasteiger partial charge in [-0.2, -0.15) is 0 Å². The third-order valence-corrected chi connectivity index (χ3v) is 4.90. The van der Waals surface area contributed by atoms with Crippen molar-refractivity contribution >= 4 is 11.6 Å². The zero-order valence-corrected chi connectivity index (χ0v) is 12.9. The summed E-state index contributed by atoms with van der Waals surface area (Å²) in [4.78, 5) is 5.01. The summed E-state index contributed by atoms with van der Waals surface area (Å²) in [7, 11) is 2.21. The molecule has 4 heteroatoms. The number of piperidine rings is 1. The first kappa shape index (κ1) is 14.3. The minimum Gasteiger partial charge on any atom is -0.375 e. The number of morpholine rings is 1. The van der Waals surface area contributed by atoms with Gasteiger partial charge in [0.1, 0.15) is 0 Å². The first-order valence-electron chi connectivity index (χ1n) is 7.51. The average molecular weight is 295 g/mol. The molecule has 1 aromatic rings. The third-order valence-electron chi connectivity index (χ3n) is 4.53. The van der Waals surface area contributed by atoms with E-state index in [-0.39, 0.29) is 0 Å². The molecule has 2 heterocycles. The van der Waals surface area contributed by atoms with Crippen molar-refractivity contribution in [3.8, 4) is 0 Å². The van der Waals surface area contributed by atoms with E-state index in [0.717, 1.165) is 50.7 Å². The lowest BCUT2D eigenvalue weighted by molar-refractivity contribution is -0.0992. The maximum Gasteiger partial charge on any atom is 0.0755 e. The molecule has 2 saturated heterocycles. The Bertz CT molecular complexity index is 454. The van der Waals surface area contributed by atoms with Crippen LogP contribution in [0.4, 0.5) is 0 Å². The van der Waals surface area contributed by atoms with Crippen LogP contribution in [0.1, 0.15) is 12.0 Å². The van der Waals surface area contributed by atoms with Gasteiger partial charge < -0.3 is 9.64 Å². The highest BCUT2D eigenvalue weighted by Crippen LogP contribution is 2.23. The summed E-state index contributed by atoms with van der Waals surface area (Å²) in [5.41, 5.74) is 1.25. The molecule has 3 rings (SSSR count). The minimum atomic E-state index is 0.422. The molecule has 2 aliphatic heterocycles. The maximum atomic E-state index is 6.25. The quantitative estimate of drug-likeness (QED) is 0.851. The van der Waals surface area contributed by atoms with Gasteiger partial charge in [-0.15, -0.1) is 0 Å². The monoisotopic (exact) mass is 294 g/mol. The van der Waals surface area contributed by atoms with E-state index < -0.39 is 0 Å². The molecule has 2 aliphatic rings. The second kappa shape index (κ2) is 6.44. The predicted molar refractivity (Wildman–Crippen MR) is 82.4 cm³/mol. The molecule has 2 fully saturated rings. The van der Waals surface area contributed by atoms with Crippen LogP contribution in [0.15, 0.2) is 24.3 Å². The van der Waals surface area contributed by atoms with Gasteiger partial charge in [-0.3, -0.25) is 4.90 Å². The van der Waals surface area contributed by atoms with Crippen molar-refractivity contribution < 1.29 is 4.74 Å². The number of hydrogen-bond donors (Lipinski definition) is 0. The number of benzene rings is 1. The van der Waals surface area contributed by atoms with Crippen LogP contribution in [0.5, 0.6) is 0 Å². The van der Waals surface area contributed by atoms with Crippen LogP contribution >= 0.6 is 11.6 Å². The lowest BCUT2D eigenvalue weighted by atomic mass is 9.98. The Morgan fingerprint density at radius 2 is 2.15 bits per heavy atom. The van der Waals surface area contributed by atoms with Gasteiger partial charge in [0.05, 0.1) is 12.7 Å². The summed E-state index contributed by atoms with van der Waals surface area (Å²) in [5, 5.41) is 0.887. The van der Waals surface area contributed by atoms with Crippen molar-refractivity contribution in [3.05, 3.63) is 34.9 Å². The number of hydrogen-bond acceptors (Lipinski definition) is 3. The Hall–Kier alpha value is -0.610. The number of likely N-dealkylation sites (tertiary alicyclic amines) is 1. The van der Waals surface area contributed by atoms with E-state index in [4.69, 9.17) is 16.3 Å². The molecule has 0 amide bonds. The van der Waals surface area contributed by atoms with Crippen molar-refractivity contribution in [2.75, 3.05) is 39.8 Å². The van der Waals surface area contributed by atoms with Crippen LogP contribution in [0.25, 0.3) is 0 Å². The van der Waals surface area contributed by atoms with E-state index in [0.29, 0.717) is 12.1 Å². The second-order valence-corrected chi connectivity index (χ2v) is 6.31. The van der Waals surface area contributed by atoms with Gasteiger partial charge in [-0.05, 0) is 31.5 Å². The van der Waals surface area contributed by atoms with Gasteiger partial charge >= 0.3 is 0 Å². The molecule has 0 bridgehead atoms. The Kier molecular flexibility index (Phi) is 4.61. The van der Waals surface area contributed by atoms with Gasteiger partial charge in [0.15, 0.2) is 0 Å². The standard InChI is InChI=1S/C16H23ClN2O/c1-18-8-7-16-15(12-18)19(10-11-20-16)9-6-13-4-2-3-5-14(13)17/h2-5,15-16H,6-12H2,1H3/t15-,16+/m0/s1. The molecule has 0 radical (unpaired) electrons. The molecule has 1 aromatic carbocycles. The van der Waals surface area contributed by atoms with Crippen molar-refractivity contribution in [3.63, 3.8) is 0 Å². The highest BCUT2D eigenvalue weighted by Gasteiger charge is 2.35. The van der Waals surface area contributed by atoms with Crippen LogP contribution in [0, 0.1) is 0 Å². The number of nitrogens with zero attached hydrogens (tertiary/aromatic N) is 2. The zero-order valence-electron chi connectivity index (χ0n) is 12.1. The van der Waals surface area contributed by atoms with Crippen molar-refractivity contribution in [2.24, 2.45) is 0 Å². The first-order chi connectivity index (χ1) is 9.74. The van der Waals surface area contributed by atoms with E-state index in [9.17, 15) is 0 Å². The second-order valence-electron chi connectivity index (χ2n) is 5.90. The highest BCUT2D eigenvalue weighted by molar-refractivity contribution is 6.31. The topological polar surface area (TPSA) is 15.7 Å². The van der Waals surface area contributed by atoms with Crippen LogP contribution in [0.2, 0.25) is 5.02 Å². The molecule has 0 aliphatic carbocycles. The fourth-order valence-electron chi connectivity index (χ4n) is 3.34. The molecule has 0 spiro atoms. The van der Waals surface area contributed by atoms with E-state index in [1.165, 1.54) is 5.56 Å². The normalized spacial score (nSPS) is 28.3. The molecular weight excluding hydrogens is 272 g/mol. The zero-order chi connectivity index (χ0) is 13.9. The van der Waals surface area contributed by atoms with E-state index >= 15 is 0 Å². The largest absolute Gasteiger partial charge is 0.375 e. The summed E-state index contributed by atoms with van der Waals surface area (Å²) in [6.07, 6.45) is 2.60. The predicted octanol–water partition coefficient (Wildman–Crippen LogP) is 2.29. The third kappa shape index (κ3) is 3.17. The Morgan fingerprint density at radius 1 is 1.30 bits per heavy atom. The van der Waals surface area contributed by atoms with Gasteiger partial charge in [-0.1, -0.05) is 29.8 Å². The summed E-state index contributed by atoms with van der Waals surface area (Å²) >= 11 is 6.25. The average Bonchev–Trinajstić information content (AvgIpc) is 2.46. The SMILES string of the molecule is CN1CC[C@H]2OCCN(CCc3ccccc3Cl)[C@H]2C1. The molecule has 0 aromatic heterocycles. The molecule has 3 nitrogen and oxygen atoms in total. The van der Waals surface area contributed by atoms with Crippen LogP contribution in [-0.2, 0) is 11.2 Å². The Balaban J connectivity index is 1.62. The van der Waals surface area contributed by atoms with Gasteiger partial charge in [0, 0.05) is 37.2 Å². The van der Waals surface area contributed by atoms with Crippen molar-refractivity contribution in [1.82, 2.24) is 9.80 Å². The summed E-state index contributed by atoms with van der Waals surface area (Å²) in [6, 6.07) is 8.72. The van der Waals surface area contributed by atoms with Gasteiger partial charge in [-0.25, -0.2) is 0 Å². The summed E-state index contributed by atoms with van der Waals surface area (Å²) < 4.78 is 5.94. The van der Waals surface area contributed by atoms with Crippen molar-refractivity contribution in [2.45, 2.75) is 25.0 Å². The molecule has 2 atom stereocenters. The molecule has 0 N–H and O–H groups in total. The molecule has 0 saturated carbocycles. The number of halogens is 1. The minimum absolute atomic E-state index is 0.422. The number of rotatable bonds is 3. The summed E-state index contributed by atoms with van der Waals surface area (Å²) in [5.74, 6) is 0. The molecule has 0 unspecified atom stereocenters. The van der Waals surface area contributed by atoms with E-state index in [2.05, 4.69) is 29.0 Å². The lowest BCUT2D eigenvalue weighted by Crippen LogP contribution is -2.59. The van der Waals surface area contributed by atoms with Crippen LogP contribution in [-0.4, -0.2) is 61.8 Å². The smallest absolute Gasteiger partial charge is 0.0755 e. The van der Waals surface area contributed by atoms with Crippen LogP contribution in [0.3, 0.4) is 0 Å². The Labute approximate surface area is 126 Å².